The molecule has 1 aromatic carbocycles. The summed E-state index contributed by atoms with van der Waals surface area (Å²) < 4.78 is 12.1. The van der Waals surface area contributed by atoms with Gasteiger partial charge in [-0.1, -0.05) is 35.0 Å². The van der Waals surface area contributed by atoms with Gasteiger partial charge in [0.15, 0.2) is 0 Å². The summed E-state index contributed by atoms with van der Waals surface area (Å²) >= 11 is 6.28. The Balaban J connectivity index is 1.29. The number of amides is 2. The Morgan fingerprint density at radius 1 is 1.21 bits per heavy atom. The van der Waals surface area contributed by atoms with E-state index in [0.717, 1.165) is 0 Å². The second-order valence-corrected chi connectivity index (χ2v) is 8.46. The number of aromatic nitrogens is 3. The number of nitrogens with one attached hydrogen (secondary N) is 1. The second kappa shape index (κ2) is 10.3. The van der Waals surface area contributed by atoms with E-state index in [4.69, 9.17) is 20.9 Å². The Labute approximate surface area is 202 Å². The van der Waals surface area contributed by atoms with Crippen LogP contribution >= 0.6 is 11.6 Å². The minimum atomic E-state index is -0.258. The minimum absolute atomic E-state index is 0.0899. The van der Waals surface area contributed by atoms with Crippen LogP contribution in [0.3, 0.4) is 0 Å². The molecular weight excluding hydrogens is 460 g/mol. The second-order valence-electron chi connectivity index (χ2n) is 8.06. The molecule has 2 amide bonds. The van der Waals surface area contributed by atoms with Gasteiger partial charge in [0, 0.05) is 58.1 Å². The van der Waals surface area contributed by atoms with E-state index in [0.29, 0.717) is 78.3 Å². The standard InChI is InChI=1S/C23H27ClN6O4/c1-15-19(20(27-34-15)16-6-4-5-7-18(16)24)21(31)25-8-9-29-10-12-30(13-11-29)23(32)17-14-28(2)26-22(17)33-3/h4-7,14H,8-13H2,1-3H3,(H,25,31). The molecule has 4 rings (SSSR count). The van der Waals surface area contributed by atoms with E-state index in [1.807, 2.05) is 12.1 Å². The number of hydrogen-bond acceptors (Lipinski definition) is 7. The first-order chi connectivity index (χ1) is 16.4. The SMILES string of the molecule is COc1nn(C)cc1C(=O)N1CCN(CCNC(=O)c2c(-c3ccccc3Cl)noc2C)CC1. The van der Waals surface area contributed by atoms with Gasteiger partial charge in [-0.15, -0.1) is 5.10 Å². The predicted octanol–water partition coefficient (Wildman–Crippen LogP) is 2.23. The molecule has 3 heterocycles. The first-order valence-electron chi connectivity index (χ1n) is 11.0. The highest BCUT2D eigenvalue weighted by molar-refractivity contribution is 6.33. The van der Waals surface area contributed by atoms with E-state index in [9.17, 15) is 9.59 Å². The first-order valence-corrected chi connectivity index (χ1v) is 11.4. The number of carbonyl (C=O) groups is 2. The van der Waals surface area contributed by atoms with Gasteiger partial charge < -0.3 is 19.5 Å². The van der Waals surface area contributed by atoms with E-state index < -0.39 is 0 Å². The summed E-state index contributed by atoms with van der Waals surface area (Å²) in [4.78, 5) is 29.7. The molecule has 180 valence electrons. The molecule has 3 aromatic rings. The van der Waals surface area contributed by atoms with Crippen LogP contribution in [-0.2, 0) is 7.05 Å². The number of nitrogens with zero attached hydrogens (tertiary/aromatic N) is 5. The molecule has 11 heteroatoms. The topological polar surface area (TPSA) is 106 Å². The lowest BCUT2D eigenvalue weighted by Gasteiger charge is -2.34. The van der Waals surface area contributed by atoms with Crippen molar-refractivity contribution in [1.29, 1.82) is 0 Å². The lowest BCUT2D eigenvalue weighted by Crippen LogP contribution is -2.50. The summed E-state index contributed by atoms with van der Waals surface area (Å²) in [5.74, 6) is 0.419. The van der Waals surface area contributed by atoms with Gasteiger partial charge in [-0.2, -0.15) is 0 Å². The maximum Gasteiger partial charge on any atom is 0.261 e. The molecule has 1 fully saturated rings. The molecule has 2 aromatic heterocycles. The summed E-state index contributed by atoms with van der Waals surface area (Å²) in [5, 5.41) is 11.6. The van der Waals surface area contributed by atoms with Crippen LogP contribution in [0, 0.1) is 6.92 Å². The van der Waals surface area contributed by atoms with Crippen molar-refractivity contribution >= 4 is 23.4 Å². The van der Waals surface area contributed by atoms with Crippen molar-refractivity contribution in [3.63, 3.8) is 0 Å². The summed E-state index contributed by atoms with van der Waals surface area (Å²) in [6, 6.07) is 7.20. The highest BCUT2D eigenvalue weighted by Crippen LogP contribution is 2.30. The number of halogens is 1. The Kier molecular flexibility index (Phi) is 7.18. The molecule has 0 unspecified atom stereocenters. The molecular formula is C23H27ClN6O4. The third-order valence-corrected chi connectivity index (χ3v) is 6.14. The number of hydrogen-bond donors (Lipinski definition) is 1. The normalized spacial score (nSPS) is 14.3. The summed E-state index contributed by atoms with van der Waals surface area (Å²) in [7, 11) is 3.26. The molecule has 10 nitrogen and oxygen atoms in total. The first kappa shape index (κ1) is 23.8. The number of methoxy groups -OCH3 is 1. The maximum atomic E-state index is 12.9. The van der Waals surface area contributed by atoms with Crippen molar-refractivity contribution in [3.05, 3.63) is 52.4 Å². The number of aryl methyl sites for hydroxylation is 2. The molecule has 0 aliphatic carbocycles. The number of piperazine rings is 1. The van der Waals surface area contributed by atoms with Crippen LogP contribution in [0.2, 0.25) is 5.02 Å². The van der Waals surface area contributed by atoms with Crippen molar-refractivity contribution in [1.82, 2.24) is 30.1 Å². The van der Waals surface area contributed by atoms with Crippen molar-refractivity contribution in [3.8, 4) is 17.1 Å². The lowest BCUT2D eigenvalue weighted by molar-refractivity contribution is 0.0635. The van der Waals surface area contributed by atoms with Crippen LogP contribution in [0.1, 0.15) is 26.5 Å². The van der Waals surface area contributed by atoms with Gasteiger partial charge in [-0.3, -0.25) is 19.2 Å². The largest absolute Gasteiger partial charge is 0.479 e. The Morgan fingerprint density at radius 3 is 2.65 bits per heavy atom. The van der Waals surface area contributed by atoms with Crippen LogP contribution < -0.4 is 10.1 Å². The van der Waals surface area contributed by atoms with Crippen LogP contribution in [0.4, 0.5) is 0 Å². The van der Waals surface area contributed by atoms with Crippen molar-refractivity contribution in [2.75, 3.05) is 46.4 Å². The average Bonchev–Trinajstić information content (AvgIpc) is 3.41. The molecule has 0 atom stereocenters. The lowest BCUT2D eigenvalue weighted by atomic mass is 10.1. The van der Waals surface area contributed by atoms with Crippen molar-refractivity contribution in [2.45, 2.75) is 6.92 Å². The van der Waals surface area contributed by atoms with Crippen LogP contribution in [0.15, 0.2) is 35.0 Å². The molecule has 34 heavy (non-hydrogen) atoms. The summed E-state index contributed by atoms with van der Waals surface area (Å²) in [5.41, 5.74) is 1.92. The zero-order valence-corrected chi connectivity index (χ0v) is 20.1. The van der Waals surface area contributed by atoms with Crippen LogP contribution in [0.25, 0.3) is 11.3 Å². The molecule has 1 aliphatic heterocycles. The third-order valence-electron chi connectivity index (χ3n) is 5.81. The fourth-order valence-corrected chi connectivity index (χ4v) is 4.23. The molecule has 1 saturated heterocycles. The molecule has 0 spiro atoms. The molecule has 1 N–H and O–H groups in total. The van der Waals surface area contributed by atoms with Crippen molar-refractivity contribution < 1.29 is 18.8 Å². The number of carbonyl (C=O) groups excluding carboxylic acids is 2. The molecule has 0 saturated carbocycles. The van der Waals surface area contributed by atoms with E-state index in [1.165, 1.54) is 7.11 Å². The van der Waals surface area contributed by atoms with Gasteiger partial charge >= 0.3 is 0 Å². The van der Waals surface area contributed by atoms with Gasteiger partial charge in [-0.25, -0.2) is 0 Å². The monoisotopic (exact) mass is 486 g/mol. The fraction of sp³-hybridized carbons (Fsp3) is 0.391. The Morgan fingerprint density at radius 2 is 1.94 bits per heavy atom. The van der Waals surface area contributed by atoms with Crippen molar-refractivity contribution in [2.24, 2.45) is 7.05 Å². The van der Waals surface area contributed by atoms with Gasteiger partial charge in [-0.05, 0) is 13.0 Å². The molecule has 0 radical (unpaired) electrons. The number of benzene rings is 1. The van der Waals surface area contributed by atoms with Gasteiger partial charge in [0.2, 0.25) is 5.88 Å². The Hall–Kier alpha value is -3.37. The fourth-order valence-electron chi connectivity index (χ4n) is 4.00. The van der Waals surface area contributed by atoms with Gasteiger partial charge in [0.05, 0.1) is 12.1 Å². The smallest absolute Gasteiger partial charge is 0.261 e. The highest BCUT2D eigenvalue weighted by atomic mass is 35.5. The van der Waals surface area contributed by atoms with E-state index in [2.05, 4.69) is 20.5 Å². The zero-order chi connectivity index (χ0) is 24.2. The quantitative estimate of drug-likeness (QED) is 0.546. The minimum Gasteiger partial charge on any atom is -0.479 e. The Bertz CT molecular complexity index is 1180. The van der Waals surface area contributed by atoms with Crippen LogP contribution in [0.5, 0.6) is 5.88 Å². The van der Waals surface area contributed by atoms with E-state index >= 15 is 0 Å². The third kappa shape index (κ3) is 4.92. The van der Waals surface area contributed by atoms with E-state index in [-0.39, 0.29) is 11.8 Å². The van der Waals surface area contributed by atoms with E-state index in [1.54, 1.807) is 41.9 Å². The predicted molar refractivity (Wildman–Crippen MR) is 126 cm³/mol. The number of ether oxygens (including phenoxy) is 1. The zero-order valence-electron chi connectivity index (χ0n) is 19.4. The maximum absolute atomic E-state index is 12.9. The summed E-state index contributed by atoms with van der Waals surface area (Å²) in [6.07, 6.45) is 1.67. The average molecular weight is 487 g/mol. The summed E-state index contributed by atoms with van der Waals surface area (Å²) in [6.45, 7) is 5.42. The van der Waals surface area contributed by atoms with Crippen LogP contribution in [-0.4, -0.2) is 82.9 Å². The number of rotatable bonds is 7. The molecule has 0 bridgehead atoms. The van der Waals surface area contributed by atoms with Gasteiger partial charge in [0.1, 0.15) is 22.6 Å². The van der Waals surface area contributed by atoms with Gasteiger partial charge in [0.25, 0.3) is 11.8 Å². The highest BCUT2D eigenvalue weighted by Gasteiger charge is 2.27. The molecule has 1 aliphatic rings.